The molecule has 0 aliphatic carbocycles. The normalized spacial score (nSPS) is 13.1. The number of fused-ring (bicyclic) bond motifs is 1. The summed E-state index contributed by atoms with van der Waals surface area (Å²) in [7, 11) is 0. The van der Waals surface area contributed by atoms with Crippen LogP contribution < -0.4 is 5.32 Å². The summed E-state index contributed by atoms with van der Waals surface area (Å²) in [6.45, 7) is 3.31. The van der Waals surface area contributed by atoms with Crippen LogP contribution >= 0.6 is 12.4 Å². The van der Waals surface area contributed by atoms with Crippen LogP contribution in [-0.4, -0.2) is 33.9 Å². The van der Waals surface area contributed by atoms with E-state index in [2.05, 4.69) is 15.3 Å². The Bertz CT molecular complexity index is 1120. The van der Waals surface area contributed by atoms with E-state index in [0.29, 0.717) is 28.0 Å². The Kier molecular flexibility index (Phi) is 5.95. The molecule has 1 fully saturated rings. The molecule has 1 aliphatic heterocycles. The molecule has 0 saturated carbocycles. The Morgan fingerprint density at radius 1 is 1.24 bits per heavy atom. The van der Waals surface area contributed by atoms with Gasteiger partial charge < -0.3 is 10.2 Å². The maximum atomic E-state index is 13.7. The highest BCUT2D eigenvalue weighted by Gasteiger charge is 2.24. The molecule has 1 saturated heterocycles. The Labute approximate surface area is 173 Å². The Morgan fingerprint density at radius 2 is 2.00 bits per heavy atom. The number of pyridine rings is 2. The number of rotatable bonds is 3. The number of likely N-dealkylation sites (tertiary alicyclic amines) is 1. The summed E-state index contributed by atoms with van der Waals surface area (Å²) in [5, 5.41) is 13.0. The van der Waals surface area contributed by atoms with E-state index in [4.69, 9.17) is 5.26 Å². The highest BCUT2D eigenvalue weighted by Crippen LogP contribution is 2.31. The molecule has 3 heterocycles. The largest absolute Gasteiger partial charge is 0.354 e. The first kappa shape index (κ1) is 20.5. The number of nitrogens with one attached hydrogen (secondary N) is 1. The third-order valence-electron chi connectivity index (χ3n) is 4.85. The van der Waals surface area contributed by atoms with Crippen LogP contribution in [0.15, 0.2) is 36.5 Å². The van der Waals surface area contributed by atoms with Gasteiger partial charge in [0.2, 0.25) is 0 Å². The van der Waals surface area contributed by atoms with Crippen LogP contribution in [0.3, 0.4) is 0 Å². The number of halogens is 2. The Hall–Kier alpha value is -3.24. The number of hydrogen-bond donors (Lipinski definition) is 1. The Balaban J connectivity index is 0.00000240. The molecule has 148 valence electrons. The summed E-state index contributed by atoms with van der Waals surface area (Å²) in [5.41, 5.74) is 2.78. The van der Waals surface area contributed by atoms with Crippen molar-refractivity contribution in [3.8, 4) is 6.07 Å². The minimum atomic E-state index is -0.585. The van der Waals surface area contributed by atoms with E-state index in [0.717, 1.165) is 31.6 Å². The number of aryl methyl sites for hydroxylation is 1. The van der Waals surface area contributed by atoms with E-state index >= 15 is 0 Å². The number of amides is 1. The van der Waals surface area contributed by atoms with Gasteiger partial charge >= 0.3 is 0 Å². The second-order valence-corrected chi connectivity index (χ2v) is 6.80. The van der Waals surface area contributed by atoms with Crippen LogP contribution in [-0.2, 0) is 0 Å². The summed E-state index contributed by atoms with van der Waals surface area (Å²) in [4.78, 5) is 23.7. The molecule has 0 bridgehead atoms. The number of nitrogens with zero attached hydrogens (tertiary/aromatic N) is 4. The van der Waals surface area contributed by atoms with Crippen molar-refractivity contribution >= 4 is 40.7 Å². The van der Waals surface area contributed by atoms with E-state index in [1.807, 2.05) is 25.1 Å². The average molecular weight is 412 g/mol. The van der Waals surface area contributed by atoms with Crippen LogP contribution in [0.25, 0.3) is 11.0 Å². The maximum absolute atomic E-state index is 13.7. The molecule has 0 unspecified atom stereocenters. The summed E-state index contributed by atoms with van der Waals surface area (Å²) in [6, 6.07) is 9.74. The zero-order chi connectivity index (χ0) is 19.7. The molecule has 0 atom stereocenters. The molecular formula is C21H19ClFN5O. The summed E-state index contributed by atoms with van der Waals surface area (Å²) in [6.07, 6.45) is 3.51. The highest BCUT2D eigenvalue weighted by atomic mass is 35.5. The molecule has 1 amide bonds. The van der Waals surface area contributed by atoms with Crippen LogP contribution in [0.1, 0.15) is 34.5 Å². The number of hydrogen-bond acceptors (Lipinski definition) is 5. The predicted octanol–water partition coefficient (Wildman–Crippen LogP) is 4.35. The topological polar surface area (TPSA) is 81.9 Å². The lowest BCUT2D eigenvalue weighted by atomic mass is 10.1. The van der Waals surface area contributed by atoms with Gasteiger partial charge in [0, 0.05) is 36.1 Å². The minimum absolute atomic E-state index is 0. The molecule has 4 rings (SSSR count). The molecule has 1 aromatic carbocycles. The smallest absolute Gasteiger partial charge is 0.257 e. The summed E-state index contributed by atoms with van der Waals surface area (Å²) >= 11 is 0. The average Bonchev–Trinajstić information content (AvgIpc) is 3.23. The summed E-state index contributed by atoms with van der Waals surface area (Å²) in [5.74, 6) is -0.684. The summed E-state index contributed by atoms with van der Waals surface area (Å²) < 4.78 is 13.7. The molecule has 3 aromatic rings. The third-order valence-corrected chi connectivity index (χ3v) is 4.85. The van der Waals surface area contributed by atoms with Gasteiger partial charge in [-0.1, -0.05) is 0 Å². The fourth-order valence-electron chi connectivity index (χ4n) is 3.39. The number of nitriles is 1. The zero-order valence-electron chi connectivity index (χ0n) is 15.8. The van der Waals surface area contributed by atoms with Gasteiger partial charge in [-0.3, -0.25) is 4.79 Å². The molecule has 0 radical (unpaired) electrons. The molecule has 2 aromatic heterocycles. The van der Waals surface area contributed by atoms with Crippen molar-refractivity contribution in [2.24, 2.45) is 0 Å². The van der Waals surface area contributed by atoms with Gasteiger partial charge in [-0.05, 0) is 50.1 Å². The van der Waals surface area contributed by atoms with Crippen molar-refractivity contribution < 1.29 is 9.18 Å². The standard InChI is InChI=1S/C21H18FN5O.ClH/c1-13-4-6-16-19(26-15-5-7-18(22)14(10-15)11-23)17(12-24-20(16)25-13)21(28)27-8-2-3-9-27;/h4-7,10,12H,2-3,8-9H2,1H3,(H,24,25,26);1H. The second-order valence-electron chi connectivity index (χ2n) is 6.80. The molecule has 1 N–H and O–H groups in total. The Morgan fingerprint density at radius 3 is 2.72 bits per heavy atom. The van der Waals surface area contributed by atoms with E-state index in [1.165, 1.54) is 24.4 Å². The lowest BCUT2D eigenvalue weighted by Crippen LogP contribution is -2.28. The van der Waals surface area contributed by atoms with Crippen LogP contribution in [0, 0.1) is 24.1 Å². The first-order valence-corrected chi connectivity index (χ1v) is 9.09. The quantitative estimate of drug-likeness (QED) is 0.692. The molecule has 6 nitrogen and oxygen atoms in total. The maximum Gasteiger partial charge on any atom is 0.257 e. The number of carbonyl (C=O) groups is 1. The van der Waals surface area contributed by atoms with Gasteiger partial charge in [0.15, 0.2) is 5.65 Å². The van der Waals surface area contributed by atoms with Crippen LogP contribution in [0.2, 0.25) is 0 Å². The van der Waals surface area contributed by atoms with Crippen LogP contribution in [0.5, 0.6) is 0 Å². The van der Waals surface area contributed by atoms with Crippen molar-refractivity contribution in [1.82, 2.24) is 14.9 Å². The van der Waals surface area contributed by atoms with Gasteiger partial charge in [-0.2, -0.15) is 5.26 Å². The monoisotopic (exact) mass is 411 g/mol. The third kappa shape index (κ3) is 3.98. The zero-order valence-corrected chi connectivity index (χ0v) is 16.6. The fraction of sp³-hybridized carbons (Fsp3) is 0.238. The van der Waals surface area contributed by atoms with E-state index in [1.54, 1.807) is 4.90 Å². The van der Waals surface area contributed by atoms with Gasteiger partial charge in [0.05, 0.1) is 16.8 Å². The van der Waals surface area contributed by atoms with Gasteiger partial charge in [0.1, 0.15) is 11.9 Å². The molecule has 0 spiro atoms. The molecular weight excluding hydrogens is 393 g/mol. The van der Waals surface area contributed by atoms with Crippen molar-refractivity contribution in [3.63, 3.8) is 0 Å². The molecule has 1 aliphatic rings. The number of anilines is 2. The molecule has 29 heavy (non-hydrogen) atoms. The minimum Gasteiger partial charge on any atom is -0.354 e. The predicted molar refractivity (Wildman–Crippen MR) is 111 cm³/mol. The van der Waals surface area contributed by atoms with Gasteiger partial charge in [-0.25, -0.2) is 14.4 Å². The first-order chi connectivity index (χ1) is 13.6. The lowest BCUT2D eigenvalue weighted by molar-refractivity contribution is 0.0793. The second kappa shape index (κ2) is 8.41. The number of aromatic nitrogens is 2. The highest BCUT2D eigenvalue weighted by molar-refractivity contribution is 6.07. The van der Waals surface area contributed by atoms with Crippen LogP contribution in [0.4, 0.5) is 15.8 Å². The van der Waals surface area contributed by atoms with E-state index in [9.17, 15) is 9.18 Å². The van der Waals surface area contributed by atoms with Crippen molar-refractivity contribution in [2.75, 3.05) is 18.4 Å². The lowest BCUT2D eigenvalue weighted by Gasteiger charge is -2.19. The fourth-order valence-corrected chi connectivity index (χ4v) is 3.39. The van der Waals surface area contributed by atoms with Gasteiger partial charge in [-0.15, -0.1) is 12.4 Å². The molecule has 8 heteroatoms. The first-order valence-electron chi connectivity index (χ1n) is 9.09. The van der Waals surface area contributed by atoms with Crippen molar-refractivity contribution in [2.45, 2.75) is 19.8 Å². The van der Waals surface area contributed by atoms with E-state index < -0.39 is 5.82 Å². The van der Waals surface area contributed by atoms with Crippen molar-refractivity contribution in [3.05, 3.63) is 59.2 Å². The SMILES string of the molecule is Cc1ccc2c(Nc3ccc(F)c(C#N)c3)c(C(=O)N3CCCC3)cnc2n1.Cl. The van der Waals surface area contributed by atoms with Gasteiger partial charge in [0.25, 0.3) is 5.91 Å². The number of benzene rings is 1. The van der Waals surface area contributed by atoms with Crippen molar-refractivity contribution in [1.29, 1.82) is 5.26 Å². The van der Waals surface area contributed by atoms with E-state index in [-0.39, 0.29) is 23.9 Å². The number of carbonyl (C=O) groups excluding carboxylic acids is 1.